The van der Waals surface area contributed by atoms with Crippen molar-refractivity contribution >= 4 is 11.6 Å². The molecule has 0 aliphatic heterocycles. The van der Waals surface area contributed by atoms with Crippen LogP contribution in [0.1, 0.15) is 38.2 Å². The van der Waals surface area contributed by atoms with E-state index in [9.17, 15) is 8.78 Å². The first kappa shape index (κ1) is 15.7. The zero-order valence-corrected chi connectivity index (χ0v) is 12.6. The fourth-order valence-electron chi connectivity index (χ4n) is 2.75. The minimum Gasteiger partial charge on any atom is -0.304 e. The van der Waals surface area contributed by atoms with Crippen molar-refractivity contribution in [2.45, 2.75) is 44.1 Å². The molecule has 0 radical (unpaired) electrons. The molecule has 0 heterocycles. The Kier molecular flexibility index (Phi) is 5.03. The average Bonchev–Trinajstić information content (AvgIpc) is 2.48. The smallest absolute Gasteiger partial charge is 0.285 e. The Morgan fingerprint density at radius 2 is 1.85 bits per heavy atom. The SMILES string of the molecule is CC1CCC(CCl)(NCC(F)(F)c2ccccc2)CC1. The zero-order chi connectivity index (χ0) is 14.6. The fourth-order valence-corrected chi connectivity index (χ4v) is 3.12. The van der Waals surface area contributed by atoms with E-state index < -0.39 is 5.92 Å². The minimum absolute atomic E-state index is 0.0569. The van der Waals surface area contributed by atoms with Gasteiger partial charge >= 0.3 is 0 Å². The molecule has 1 nitrogen and oxygen atoms in total. The number of benzene rings is 1. The molecule has 1 aromatic rings. The van der Waals surface area contributed by atoms with Crippen LogP contribution in [0.15, 0.2) is 30.3 Å². The van der Waals surface area contributed by atoms with Crippen LogP contribution in [-0.2, 0) is 5.92 Å². The van der Waals surface area contributed by atoms with E-state index in [1.807, 2.05) is 0 Å². The van der Waals surface area contributed by atoms with Gasteiger partial charge < -0.3 is 5.32 Å². The van der Waals surface area contributed by atoms with Crippen LogP contribution in [-0.4, -0.2) is 18.0 Å². The normalized spacial score (nSPS) is 27.5. The molecule has 0 saturated heterocycles. The van der Waals surface area contributed by atoms with Gasteiger partial charge in [-0.05, 0) is 31.6 Å². The molecule has 0 aromatic heterocycles. The Bertz CT molecular complexity index is 414. The highest BCUT2D eigenvalue weighted by atomic mass is 35.5. The number of nitrogens with one attached hydrogen (secondary N) is 1. The van der Waals surface area contributed by atoms with Gasteiger partial charge in [0.1, 0.15) is 0 Å². The van der Waals surface area contributed by atoms with E-state index >= 15 is 0 Å². The number of hydrogen-bond donors (Lipinski definition) is 1. The molecule has 4 heteroatoms. The highest BCUT2D eigenvalue weighted by molar-refractivity contribution is 6.18. The summed E-state index contributed by atoms with van der Waals surface area (Å²) in [4.78, 5) is 0. The van der Waals surface area contributed by atoms with Crippen molar-refractivity contribution in [3.05, 3.63) is 35.9 Å². The van der Waals surface area contributed by atoms with Crippen molar-refractivity contribution in [1.82, 2.24) is 5.32 Å². The molecular weight excluding hydrogens is 280 g/mol. The lowest BCUT2D eigenvalue weighted by Crippen LogP contribution is -2.52. The highest BCUT2D eigenvalue weighted by Crippen LogP contribution is 2.34. The van der Waals surface area contributed by atoms with Crippen LogP contribution in [0.4, 0.5) is 8.78 Å². The van der Waals surface area contributed by atoms with Gasteiger partial charge in [-0.15, -0.1) is 11.6 Å². The number of hydrogen-bond acceptors (Lipinski definition) is 1. The molecule has 1 aliphatic carbocycles. The van der Waals surface area contributed by atoms with Crippen LogP contribution >= 0.6 is 11.6 Å². The molecule has 0 spiro atoms. The van der Waals surface area contributed by atoms with Gasteiger partial charge in [-0.1, -0.05) is 37.3 Å². The molecule has 20 heavy (non-hydrogen) atoms. The maximum absolute atomic E-state index is 14.2. The van der Waals surface area contributed by atoms with Gasteiger partial charge in [-0.3, -0.25) is 0 Å². The first-order valence-corrected chi connectivity index (χ1v) is 7.75. The van der Waals surface area contributed by atoms with Gasteiger partial charge in [0.05, 0.1) is 6.54 Å². The summed E-state index contributed by atoms with van der Waals surface area (Å²) in [6.45, 7) is 1.86. The molecule has 1 fully saturated rings. The third-order valence-corrected chi connectivity index (χ3v) is 4.88. The second-order valence-electron chi connectivity index (χ2n) is 6.02. The molecule has 1 N–H and O–H groups in total. The van der Waals surface area contributed by atoms with Crippen molar-refractivity contribution < 1.29 is 8.78 Å². The third kappa shape index (κ3) is 3.70. The van der Waals surface area contributed by atoms with Crippen LogP contribution in [0, 0.1) is 5.92 Å². The molecule has 1 aliphatic rings. The van der Waals surface area contributed by atoms with Crippen LogP contribution in [0.5, 0.6) is 0 Å². The lowest BCUT2D eigenvalue weighted by molar-refractivity contribution is -0.0130. The van der Waals surface area contributed by atoms with Crippen LogP contribution in [0.2, 0.25) is 0 Å². The van der Waals surface area contributed by atoms with Gasteiger partial charge in [-0.2, -0.15) is 8.78 Å². The average molecular weight is 302 g/mol. The Labute approximate surface area is 124 Å². The van der Waals surface area contributed by atoms with Gasteiger partial charge in [0.25, 0.3) is 5.92 Å². The largest absolute Gasteiger partial charge is 0.304 e. The molecule has 1 saturated carbocycles. The quantitative estimate of drug-likeness (QED) is 0.786. The molecule has 0 amide bonds. The maximum Gasteiger partial charge on any atom is 0.285 e. The summed E-state index contributed by atoms with van der Waals surface area (Å²) in [5, 5.41) is 3.06. The summed E-state index contributed by atoms with van der Waals surface area (Å²) in [6, 6.07) is 7.97. The van der Waals surface area contributed by atoms with Gasteiger partial charge in [0, 0.05) is 17.0 Å². The molecule has 112 valence electrons. The summed E-state index contributed by atoms with van der Waals surface area (Å²) in [7, 11) is 0. The summed E-state index contributed by atoms with van der Waals surface area (Å²) >= 11 is 6.05. The summed E-state index contributed by atoms with van der Waals surface area (Å²) < 4.78 is 28.4. The molecule has 0 bridgehead atoms. The molecule has 1 aromatic carbocycles. The standard InChI is InChI=1S/C16H22ClF2N/c1-13-7-9-15(11-17,10-8-13)20-12-16(18,19)14-5-3-2-4-6-14/h2-6,13,20H,7-12H2,1H3. The van der Waals surface area contributed by atoms with E-state index in [2.05, 4.69) is 12.2 Å². The monoisotopic (exact) mass is 301 g/mol. The van der Waals surface area contributed by atoms with E-state index in [1.165, 1.54) is 12.1 Å². The van der Waals surface area contributed by atoms with Crippen molar-refractivity contribution in [3.8, 4) is 0 Å². The van der Waals surface area contributed by atoms with Gasteiger partial charge in [-0.25, -0.2) is 0 Å². The predicted octanol–water partition coefficient (Wildman–Crippen LogP) is 4.56. The first-order valence-electron chi connectivity index (χ1n) is 7.22. The topological polar surface area (TPSA) is 12.0 Å². The van der Waals surface area contributed by atoms with Crippen molar-refractivity contribution in [2.75, 3.05) is 12.4 Å². The third-order valence-electron chi connectivity index (χ3n) is 4.37. The molecular formula is C16H22ClF2N. The Morgan fingerprint density at radius 1 is 1.25 bits per heavy atom. The van der Waals surface area contributed by atoms with E-state index in [0.29, 0.717) is 11.8 Å². The Morgan fingerprint density at radius 3 is 2.40 bits per heavy atom. The minimum atomic E-state index is -2.86. The summed E-state index contributed by atoms with van der Waals surface area (Å²) in [5.41, 5.74) is -0.270. The van der Waals surface area contributed by atoms with E-state index in [4.69, 9.17) is 11.6 Å². The second-order valence-corrected chi connectivity index (χ2v) is 6.29. The maximum atomic E-state index is 14.2. The van der Waals surface area contributed by atoms with Crippen LogP contribution in [0.25, 0.3) is 0 Å². The molecule has 0 atom stereocenters. The Hall–Kier alpha value is -0.670. The fraction of sp³-hybridized carbons (Fsp3) is 0.625. The molecule has 2 rings (SSSR count). The van der Waals surface area contributed by atoms with Crippen molar-refractivity contribution in [3.63, 3.8) is 0 Å². The summed E-state index contributed by atoms with van der Waals surface area (Å²) in [5.74, 6) is -1.80. The predicted molar refractivity (Wildman–Crippen MR) is 79.4 cm³/mol. The van der Waals surface area contributed by atoms with E-state index in [1.54, 1.807) is 18.2 Å². The Balaban J connectivity index is 1.99. The van der Waals surface area contributed by atoms with Gasteiger partial charge in [0.2, 0.25) is 0 Å². The zero-order valence-electron chi connectivity index (χ0n) is 11.8. The van der Waals surface area contributed by atoms with Crippen molar-refractivity contribution in [1.29, 1.82) is 0 Å². The van der Waals surface area contributed by atoms with E-state index in [-0.39, 0.29) is 17.6 Å². The van der Waals surface area contributed by atoms with Crippen LogP contribution in [0.3, 0.4) is 0 Å². The number of rotatable bonds is 5. The number of halogens is 3. The number of alkyl halides is 3. The second kappa shape index (κ2) is 6.40. The van der Waals surface area contributed by atoms with Gasteiger partial charge in [0.15, 0.2) is 0 Å². The lowest BCUT2D eigenvalue weighted by Gasteiger charge is -2.40. The molecule has 0 unspecified atom stereocenters. The van der Waals surface area contributed by atoms with Crippen molar-refractivity contribution in [2.24, 2.45) is 5.92 Å². The van der Waals surface area contributed by atoms with Crippen LogP contribution < -0.4 is 5.32 Å². The first-order chi connectivity index (χ1) is 9.47. The summed E-state index contributed by atoms with van der Waals surface area (Å²) in [6.07, 6.45) is 3.86. The highest BCUT2D eigenvalue weighted by Gasteiger charge is 2.38. The lowest BCUT2D eigenvalue weighted by atomic mass is 9.78. The van der Waals surface area contributed by atoms with E-state index in [0.717, 1.165) is 25.7 Å².